The van der Waals surface area contributed by atoms with Crippen LogP contribution in [0.4, 0.5) is 0 Å². The summed E-state index contributed by atoms with van der Waals surface area (Å²) in [7, 11) is 0. The van der Waals surface area contributed by atoms with Crippen LogP contribution in [0.2, 0.25) is 5.02 Å². The first-order chi connectivity index (χ1) is 5.77. The molecule has 2 heteroatoms. The van der Waals surface area contributed by atoms with Crippen molar-refractivity contribution in [1.29, 1.82) is 0 Å². The highest BCUT2D eigenvalue weighted by molar-refractivity contribution is 6.34. The zero-order valence-corrected chi connectivity index (χ0v) is 7.52. The highest BCUT2D eigenvalue weighted by Crippen LogP contribution is 2.18. The molecule has 0 bridgehead atoms. The van der Waals surface area contributed by atoms with Crippen LogP contribution in [0.3, 0.4) is 0 Å². The summed E-state index contributed by atoms with van der Waals surface area (Å²) in [5, 5.41) is 1.92. The number of halogens is 1. The third-order valence-electron chi connectivity index (χ3n) is 1.88. The number of aryl methyl sites for hydroxylation is 1. The molecule has 0 fully saturated rings. The number of rotatable bonds is 0. The second kappa shape index (κ2) is 2.76. The Labute approximate surface area is 76.0 Å². The second-order valence-corrected chi connectivity index (χ2v) is 3.25. The molecule has 1 aromatic carbocycles. The molecule has 0 unspecified atom stereocenters. The summed E-state index contributed by atoms with van der Waals surface area (Å²) >= 11 is 6.00. The lowest BCUT2D eigenvalue weighted by Gasteiger charge is -1.93. The molecule has 0 amide bonds. The first-order valence-electron chi connectivity index (χ1n) is 3.84. The quantitative estimate of drug-likeness (QED) is 0.589. The maximum Gasteiger partial charge on any atom is 0.229 e. The fourth-order valence-electron chi connectivity index (χ4n) is 1.27. The summed E-state index contributed by atoms with van der Waals surface area (Å²) in [6.07, 6.45) is 0. The lowest BCUT2D eigenvalue weighted by Crippen LogP contribution is -2.07. The number of H-pyrrole nitrogens is 1. The van der Waals surface area contributed by atoms with Gasteiger partial charge in [-0.25, -0.2) is 4.98 Å². The minimum Gasteiger partial charge on any atom is -0.207 e. The van der Waals surface area contributed by atoms with E-state index in [0.717, 1.165) is 21.6 Å². The smallest absolute Gasteiger partial charge is 0.207 e. The molecule has 0 spiro atoms. The van der Waals surface area contributed by atoms with Crippen LogP contribution < -0.4 is 4.98 Å². The lowest BCUT2D eigenvalue weighted by atomic mass is 10.2. The number of hydrogen-bond donors (Lipinski definition) is 0. The Bertz CT molecular complexity index is 423. The summed E-state index contributed by atoms with van der Waals surface area (Å²) < 4.78 is 0. The zero-order valence-electron chi connectivity index (χ0n) is 6.76. The largest absolute Gasteiger partial charge is 0.229 e. The predicted octanol–water partition coefficient (Wildman–Crippen LogP) is 2.62. The molecular weight excluding hydrogens is 170 g/mol. The Morgan fingerprint density at radius 1 is 1.17 bits per heavy atom. The summed E-state index contributed by atoms with van der Waals surface area (Å²) in [5.41, 5.74) is 2.13. The van der Waals surface area contributed by atoms with E-state index in [0.29, 0.717) is 0 Å². The van der Waals surface area contributed by atoms with Crippen molar-refractivity contribution in [3.63, 3.8) is 0 Å². The molecule has 60 valence electrons. The van der Waals surface area contributed by atoms with Gasteiger partial charge in [-0.2, -0.15) is 0 Å². The van der Waals surface area contributed by atoms with E-state index in [-0.39, 0.29) is 0 Å². The predicted molar refractivity (Wildman–Crippen MR) is 50.3 cm³/mol. The Hall–Kier alpha value is -1.08. The first-order valence-corrected chi connectivity index (χ1v) is 4.22. The molecule has 0 saturated carbocycles. The van der Waals surface area contributed by atoms with Gasteiger partial charge in [0.15, 0.2) is 5.69 Å². The molecule has 0 radical (unpaired) electrons. The van der Waals surface area contributed by atoms with Crippen LogP contribution in [0.1, 0.15) is 5.69 Å². The monoisotopic (exact) mass is 178 g/mol. The number of nitrogens with one attached hydrogen (secondary N) is 1. The number of pyridine rings is 1. The fraction of sp³-hybridized carbons (Fsp3) is 0.100. The van der Waals surface area contributed by atoms with Crippen LogP contribution in [0, 0.1) is 6.92 Å². The molecule has 1 N–H and O–H groups in total. The van der Waals surface area contributed by atoms with Crippen molar-refractivity contribution in [3.8, 4) is 0 Å². The van der Waals surface area contributed by atoms with Crippen molar-refractivity contribution in [3.05, 3.63) is 41.0 Å². The molecule has 0 aliphatic rings. The molecule has 1 aromatic heterocycles. The van der Waals surface area contributed by atoms with E-state index in [4.69, 9.17) is 11.6 Å². The van der Waals surface area contributed by atoms with E-state index >= 15 is 0 Å². The van der Waals surface area contributed by atoms with Crippen LogP contribution in [-0.4, -0.2) is 0 Å². The van der Waals surface area contributed by atoms with Gasteiger partial charge in [0.25, 0.3) is 0 Å². The molecule has 1 nitrogen and oxygen atoms in total. The minimum atomic E-state index is 0.774. The molecule has 1 heterocycles. The van der Waals surface area contributed by atoms with E-state index in [9.17, 15) is 0 Å². The van der Waals surface area contributed by atoms with E-state index in [2.05, 4.69) is 11.1 Å². The van der Waals surface area contributed by atoms with Gasteiger partial charge in [-0.1, -0.05) is 17.7 Å². The highest BCUT2D eigenvalue weighted by atomic mass is 35.5. The topological polar surface area (TPSA) is 14.1 Å². The number of benzene rings is 1. The van der Waals surface area contributed by atoms with Crippen LogP contribution in [0.25, 0.3) is 10.9 Å². The Morgan fingerprint density at radius 3 is 2.83 bits per heavy atom. The van der Waals surface area contributed by atoms with Gasteiger partial charge >= 0.3 is 0 Å². The van der Waals surface area contributed by atoms with E-state index in [1.54, 1.807) is 0 Å². The van der Waals surface area contributed by atoms with Crippen LogP contribution in [-0.2, 0) is 0 Å². The third-order valence-corrected chi connectivity index (χ3v) is 2.20. The maximum absolute atomic E-state index is 6.00. The van der Waals surface area contributed by atoms with Gasteiger partial charge in [-0.3, -0.25) is 0 Å². The van der Waals surface area contributed by atoms with Crippen LogP contribution >= 0.6 is 11.6 Å². The van der Waals surface area contributed by atoms with E-state index < -0.39 is 0 Å². The number of para-hydroxylation sites is 1. The highest BCUT2D eigenvalue weighted by Gasteiger charge is 2.04. The van der Waals surface area contributed by atoms with E-state index in [1.165, 1.54) is 0 Å². The maximum atomic E-state index is 6.00. The molecular formula is C10H9ClN+. The first kappa shape index (κ1) is 7.56. The van der Waals surface area contributed by atoms with Crippen molar-refractivity contribution >= 4 is 22.5 Å². The Balaban J connectivity index is 2.88. The van der Waals surface area contributed by atoms with Gasteiger partial charge in [-0.15, -0.1) is 0 Å². The Morgan fingerprint density at radius 2 is 2.00 bits per heavy atom. The molecule has 12 heavy (non-hydrogen) atoms. The van der Waals surface area contributed by atoms with Crippen molar-refractivity contribution in [2.45, 2.75) is 6.92 Å². The average Bonchev–Trinajstić information content (AvgIpc) is 2.07. The Kier molecular flexibility index (Phi) is 1.74. The van der Waals surface area contributed by atoms with Crippen molar-refractivity contribution in [2.24, 2.45) is 0 Å². The molecule has 2 aromatic rings. The number of aromatic nitrogens is 1. The van der Waals surface area contributed by atoms with Crippen LogP contribution in [0.5, 0.6) is 0 Å². The van der Waals surface area contributed by atoms with Crippen LogP contribution in [0.15, 0.2) is 30.3 Å². The molecule has 0 atom stereocenters. The number of hydrogen-bond acceptors (Lipinski definition) is 0. The van der Waals surface area contributed by atoms with Gasteiger partial charge in [0.2, 0.25) is 5.52 Å². The number of fused-ring (bicyclic) bond motifs is 1. The molecule has 2 rings (SSSR count). The van der Waals surface area contributed by atoms with Crippen molar-refractivity contribution in [1.82, 2.24) is 0 Å². The van der Waals surface area contributed by atoms with Crippen molar-refractivity contribution < 1.29 is 4.98 Å². The second-order valence-electron chi connectivity index (χ2n) is 2.85. The van der Waals surface area contributed by atoms with Gasteiger partial charge in [0.1, 0.15) is 5.02 Å². The molecule has 0 aliphatic heterocycles. The standard InChI is InChI=1S/C10H8ClN/c1-7-5-6-8-3-2-4-9(11)10(8)12-7/h2-6H,1H3/p+1. The average molecular weight is 179 g/mol. The molecule has 0 aliphatic carbocycles. The normalized spacial score (nSPS) is 10.5. The fourth-order valence-corrected chi connectivity index (χ4v) is 1.49. The van der Waals surface area contributed by atoms with E-state index in [1.807, 2.05) is 31.2 Å². The summed E-state index contributed by atoms with van der Waals surface area (Å²) in [6, 6.07) is 9.98. The zero-order chi connectivity index (χ0) is 8.55. The van der Waals surface area contributed by atoms with Gasteiger partial charge in [0.05, 0.1) is 0 Å². The lowest BCUT2D eigenvalue weighted by molar-refractivity contribution is -0.354. The van der Waals surface area contributed by atoms with Gasteiger partial charge in [-0.05, 0) is 18.2 Å². The third kappa shape index (κ3) is 1.16. The minimum absolute atomic E-state index is 0.774. The van der Waals surface area contributed by atoms with Crippen molar-refractivity contribution in [2.75, 3.05) is 0 Å². The SMILES string of the molecule is Cc1ccc2cccc(Cl)c2[nH+]1. The van der Waals surface area contributed by atoms with Gasteiger partial charge in [0, 0.05) is 18.4 Å². The number of aromatic amines is 1. The summed E-state index contributed by atoms with van der Waals surface area (Å²) in [6.45, 7) is 2.02. The summed E-state index contributed by atoms with van der Waals surface area (Å²) in [4.78, 5) is 3.23. The van der Waals surface area contributed by atoms with Gasteiger partial charge < -0.3 is 0 Å². The summed E-state index contributed by atoms with van der Waals surface area (Å²) in [5.74, 6) is 0. The molecule has 0 saturated heterocycles.